The van der Waals surface area contributed by atoms with Crippen LogP contribution < -0.4 is 21.3 Å². The highest BCUT2D eigenvalue weighted by atomic mass is 79.9. The molecule has 2 fully saturated rings. The van der Waals surface area contributed by atoms with Crippen LogP contribution in [-0.4, -0.2) is 103 Å². The van der Waals surface area contributed by atoms with Gasteiger partial charge in [0.05, 0.1) is 47.8 Å². The number of hydrogen-bond acceptors (Lipinski definition) is 16. The molecule has 6 atom stereocenters. The number of halogens is 2. The summed E-state index contributed by atoms with van der Waals surface area (Å²) in [5, 5.41) is 24.7. The van der Waals surface area contributed by atoms with Crippen LogP contribution in [0.2, 0.25) is 5.02 Å². The number of aromatic nitrogens is 6. The van der Waals surface area contributed by atoms with Crippen molar-refractivity contribution in [1.29, 1.82) is 0 Å². The van der Waals surface area contributed by atoms with Crippen LogP contribution in [0.1, 0.15) is 25.5 Å². The predicted octanol–water partition coefficient (Wildman–Crippen LogP) is -0.0789. The van der Waals surface area contributed by atoms with Crippen molar-refractivity contribution in [2.75, 3.05) is 18.9 Å². The Balaban J connectivity index is 1.03. The minimum atomic E-state index is -4.78. The Hall–Kier alpha value is -3.83. The number of rotatable bonds is 10. The van der Waals surface area contributed by atoms with Crippen LogP contribution in [0.5, 0.6) is 0 Å². The number of imidazole rings is 1. The van der Waals surface area contributed by atoms with E-state index in [-0.39, 0.29) is 41.1 Å². The van der Waals surface area contributed by atoms with Crippen LogP contribution in [0, 0.1) is 0 Å². The van der Waals surface area contributed by atoms with Crippen molar-refractivity contribution < 1.29 is 41.9 Å². The lowest BCUT2D eigenvalue weighted by molar-refractivity contribution is -0.121. The van der Waals surface area contributed by atoms with E-state index in [1.165, 1.54) is 29.6 Å². The smallest absolute Gasteiger partial charge is 0.423 e. The second-order valence-electron chi connectivity index (χ2n) is 11.3. The summed E-state index contributed by atoms with van der Waals surface area (Å²) in [6.07, 6.45) is -3.48. The van der Waals surface area contributed by atoms with E-state index < -0.39 is 65.2 Å². The Morgan fingerprint density at radius 1 is 1.18 bits per heavy atom. The van der Waals surface area contributed by atoms with E-state index in [0.717, 1.165) is 4.57 Å². The van der Waals surface area contributed by atoms with E-state index in [4.69, 9.17) is 31.0 Å². The Morgan fingerprint density at radius 2 is 1.98 bits per heavy atom. The molecule has 19 nitrogen and oxygen atoms in total. The number of amides is 1. The summed E-state index contributed by atoms with van der Waals surface area (Å²) in [6.45, 7) is -0.578. The number of nitrogens with two attached hydrogens (primary N) is 1. The number of nitrogens with zero attached hydrogens (tertiary/aromatic N) is 6. The number of aliphatic hydroxyl groups excluding tert-OH is 2. The number of hydrogen-bond donors (Lipinski definition) is 5. The Kier molecular flexibility index (Phi) is 10.1. The number of anilines is 1. The molecule has 49 heavy (non-hydrogen) atoms. The van der Waals surface area contributed by atoms with Gasteiger partial charge in [-0.15, -0.1) is 0 Å². The zero-order chi connectivity index (χ0) is 35.0. The Bertz CT molecular complexity index is 2080. The zero-order valence-corrected chi connectivity index (χ0v) is 28.3. The van der Waals surface area contributed by atoms with Crippen molar-refractivity contribution in [3.63, 3.8) is 0 Å². The molecule has 1 aromatic carbocycles. The molecular weight excluding hydrogens is 758 g/mol. The second-order valence-corrected chi connectivity index (χ2v) is 13.9. The molecular formula is C27H29BrClN9O10S. The maximum atomic E-state index is 13.0. The van der Waals surface area contributed by atoms with Gasteiger partial charge in [-0.25, -0.2) is 24.7 Å². The largest absolute Gasteiger partial charge is 0.444 e. The molecule has 6 N–H and O–H groups in total. The van der Waals surface area contributed by atoms with Crippen molar-refractivity contribution in [1.82, 2.24) is 39.1 Å². The van der Waals surface area contributed by atoms with Gasteiger partial charge in [-0.3, -0.25) is 22.9 Å². The van der Waals surface area contributed by atoms with Gasteiger partial charge in [0, 0.05) is 10.9 Å². The summed E-state index contributed by atoms with van der Waals surface area (Å²) in [5.41, 5.74) is 6.16. The molecule has 5 heterocycles. The van der Waals surface area contributed by atoms with E-state index in [0.29, 0.717) is 34.4 Å². The van der Waals surface area contributed by atoms with Crippen LogP contribution in [0.4, 0.5) is 10.6 Å². The number of piperidine rings is 1. The van der Waals surface area contributed by atoms with Gasteiger partial charge in [0.1, 0.15) is 36.3 Å². The quantitative estimate of drug-likeness (QED) is 0.141. The molecule has 2 aliphatic rings. The standard InChI is InChI=1S/C27H29BrClN9O10S/c28-14-6-16-13(5-15(14)29)25(42)37(10-34-16)7-12(39)4-17-18(2-1-3-31-17)48-27(43)36-49(44,45)46-8-19-21(40)22(41)26(47-19)38-11-35-20-23(30)32-9-33-24(20)38/h5-6,9-11,17-19,21-22,26,31,40-41H,1-4,7-8H2,(H,36,43)(H2,30,32,33)/t17?,18?,19-,21-,22-,26-/m1/s1. The predicted molar refractivity (Wildman–Crippen MR) is 173 cm³/mol. The third-order valence-electron chi connectivity index (χ3n) is 8.03. The average Bonchev–Trinajstić information content (AvgIpc) is 3.60. The summed E-state index contributed by atoms with van der Waals surface area (Å²) >= 11 is 9.40. The van der Waals surface area contributed by atoms with Gasteiger partial charge in [0.25, 0.3) is 5.56 Å². The van der Waals surface area contributed by atoms with Gasteiger partial charge < -0.3 is 30.7 Å². The molecule has 0 aliphatic carbocycles. The first kappa shape index (κ1) is 35.0. The third kappa shape index (κ3) is 7.52. The summed E-state index contributed by atoms with van der Waals surface area (Å²) in [7, 11) is -4.78. The van der Waals surface area contributed by atoms with Crippen molar-refractivity contribution in [2.24, 2.45) is 0 Å². The van der Waals surface area contributed by atoms with E-state index >= 15 is 0 Å². The third-order valence-corrected chi connectivity index (χ3v) is 10.1. The molecule has 4 aromatic rings. The van der Waals surface area contributed by atoms with Crippen LogP contribution in [0.15, 0.2) is 40.4 Å². The zero-order valence-electron chi connectivity index (χ0n) is 25.2. The summed E-state index contributed by atoms with van der Waals surface area (Å²) in [5.74, 6) is -0.288. The summed E-state index contributed by atoms with van der Waals surface area (Å²) in [4.78, 5) is 54.7. The molecule has 1 amide bonds. The summed E-state index contributed by atoms with van der Waals surface area (Å²) < 4.78 is 45.7. The van der Waals surface area contributed by atoms with Crippen LogP contribution in [-0.2, 0) is 35.3 Å². The number of nitrogen functional groups attached to an aromatic ring is 1. The van der Waals surface area contributed by atoms with E-state index in [2.05, 4.69) is 41.2 Å². The lowest BCUT2D eigenvalue weighted by Crippen LogP contribution is -2.50. The van der Waals surface area contributed by atoms with Gasteiger partial charge in [-0.1, -0.05) is 11.6 Å². The van der Waals surface area contributed by atoms with Crippen LogP contribution in [0.3, 0.4) is 0 Å². The number of ketones is 1. The molecule has 0 spiro atoms. The molecule has 262 valence electrons. The molecule has 0 radical (unpaired) electrons. The molecule has 3 aromatic heterocycles. The summed E-state index contributed by atoms with van der Waals surface area (Å²) in [6, 6.07) is 2.38. The van der Waals surface area contributed by atoms with E-state index in [9.17, 15) is 33.0 Å². The van der Waals surface area contributed by atoms with Crippen LogP contribution >= 0.6 is 27.5 Å². The molecule has 0 bridgehead atoms. The fraction of sp³-hybridized carbons (Fsp3) is 0.444. The van der Waals surface area contributed by atoms with Gasteiger partial charge in [-0.05, 0) is 47.4 Å². The maximum absolute atomic E-state index is 13.0. The number of carbonyl (C=O) groups is 2. The highest BCUT2D eigenvalue weighted by molar-refractivity contribution is 9.10. The maximum Gasteiger partial charge on any atom is 0.423 e. The first-order valence-corrected chi connectivity index (χ1v) is 17.3. The van der Waals surface area contributed by atoms with Crippen molar-refractivity contribution in [3.05, 3.63) is 51.0 Å². The second kappa shape index (κ2) is 14.2. The monoisotopic (exact) mass is 785 g/mol. The number of benzene rings is 1. The Labute approximate surface area is 290 Å². The fourth-order valence-corrected chi connectivity index (χ4v) is 6.76. The van der Waals surface area contributed by atoms with Gasteiger partial charge in [0.15, 0.2) is 23.5 Å². The van der Waals surface area contributed by atoms with Crippen LogP contribution in [0.25, 0.3) is 22.1 Å². The lowest BCUT2D eigenvalue weighted by Gasteiger charge is -2.31. The highest BCUT2D eigenvalue weighted by Crippen LogP contribution is 2.32. The lowest BCUT2D eigenvalue weighted by atomic mass is 9.96. The first-order chi connectivity index (χ1) is 23.3. The fourth-order valence-electron chi connectivity index (χ4n) is 5.64. The number of ether oxygens (including phenoxy) is 2. The normalized spacial score (nSPS) is 24.3. The average molecular weight is 787 g/mol. The molecule has 0 saturated carbocycles. The SMILES string of the molecule is Nc1ncnc2c1ncn2[C@@H]1O[C@H](COS(=O)(=O)NC(=O)OC2CCCNC2CC(=O)Cn2cnc3cc(Br)c(Cl)cc3c2=O)[C@@H](O)[C@H]1O. The van der Waals surface area contributed by atoms with Gasteiger partial charge in [-0.2, -0.15) is 13.1 Å². The molecule has 2 saturated heterocycles. The molecule has 22 heteroatoms. The molecule has 2 aliphatic heterocycles. The number of nitrogens with one attached hydrogen (secondary N) is 2. The molecule has 6 rings (SSSR count). The van der Waals surface area contributed by atoms with Gasteiger partial charge >= 0.3 is 16.4 Å². The number of Topliss-reactive ketones (excluding diaryl/α,β-unsaturated/α-hetero) is 1. The number of aliphatic hydroxyl groups is 2. The minimum Gasteiger partial charge on any atom is -0.444 e. The molecule has 2 unspecified atom stereocenters. The number of carbonyl (C=O) groups excluding carboxylic acids is 2. The van der Waals surface area contributed by atoms with E-state index in [1.54, 1.807) is 10.8 Å². The van der Waals surface area contributed by atoms with Crippen molar-refractivity contribution in [2.45, 2.75) is 62.5 Å². The minimum absolute atomic E-state index is 0.0814. The first-order valence-electron chi connectivity index (χ1n) is 14.7. The topological polar surface area (TPSA) is 265 Å². The van der Waals surface area contributed by atoms with Gasteiger partial charge in [0.2, 0.25) is 0 Å². The van der Waals surface area contributed by atoms with Crippen molar-refractivity contribution in [3.8, 4) is 0 Å². The number of fused-ring (bicyclic) bond motifs is 2. The van der Waals surface area contributed by atoms with Crippen molar-refractivity contribution >= 4 is 77.6 Å². The van der Waals surface area contributed by atoms with E-state index in [1.807, 2.05) is 0 Å². The highest BCUT2D eigenvalue weighted by Gasteiger charge is 2.45. The Morgan fingerprint density at radius 3 is 2.78 bits per heavy atom.